The van der Waals surface area contributed by atoms with E-state index in [1.165, 1.54) is 0 Å². The molecule has 0 atom stereocenters. The Balaban J connectivity index is 1.82. The van der Waals surface area contributed by atoms with Crippen molar-refractivity contribution in [3.63, 3.8) is 0 Å². The zero-order valence-corrected chi connectivity index (χ0v) is 18.5. The second-order valence-electron chi connectivity index (χ2n) is 7.47. The number of para-hydroxylation sites is 1. The molecule has 166 valence electrons. The van der Waals surface area contributed by atoms with E-state index in [0.717, 1.165) is 11.1 Å². The molecule has 0 N–H and O–H groups in total. The average Bonchev–Trinajstić information content (AvgIpc) is 3.31. The van der Waals surface area contributed by atoms with E-state index < -0.39 is 0 Å². The molecule has 0 radical (unpaired) electrons. The topological polar surface area (TPSA) is 79.9 Å². The van der Waals surface area contributed by atoms with Crippen molar-refractivity contribution >= 4 is 16.7 Å². The number of ether oxygens (including phenoxy) is 3. The highest BCUT2D eigenvalue weighted by Crippen LogP contribution is 2.41. The van der Waals surface area contributed by atoms with Crippen LogP contribution >= 0.6 is 0 Å². The van der Waals surface area contributed by atoms with Crippen LogP contribution in [0.2, 0.25) is 0 Å². The van der Waals surface area contributed by atoms with Gasteiger partial charge in [0, 0.05) is 5.56 Å². The van der Waals surface area contributed by atoms with Crippen LogP contribution in [-0.4, -0.2) is 40.5 Å². The fourth-order valence-corrected chi connectivity index (χ4v) is 4.06. The summed E-state index contributed by atoms with van der Waals surface area (Å²) >= 11 is 0. The highest BCUT2D eigenvalue weighted by molar-refractivity contribution is 5.83. The first kappa shape index (κ1) is 20.6. The lowest BCUT2D eigenvalue weighted by molar-refractivity contribution is 0.324. The third-order valence-corrected chi connectivity index (χ3v) is 5.61. The maximum atomic E-state index is 13.4. The molecule has 0 spiro atoms. The monoisotopic (exact) mass is 442 g/mol. The predicted molar refractivity (Wildman–Crippen MR) is 125 cm³/mol. The molecule has 5 rings (SSSR count). The lowest BCUT2D eigenvalue weighted by Gasteiger charge is -2.14. The van der Waals surface area contributed by atoms with Crippen molar-refractivity contribution in [3.8, 4) is 28.6 Å². The normalized spacial score (nSPS) is 11.1. The smallest absolute Gasteiger partial charge is 0.263 e. The van der Waals surface area contributed by atoms with E-state index in [4.69, 9.17) is 14.2 Å². The third-order valence-electron chi connectivity index (χ3n) is 5.61. The fourth-order valence-electron chi connectivity index (χ4n) is 4.06. The molecule has 0 aliphatic rings. The molecular weight excluding hydrogens is 420 g/mol. The van der Waals surface area contributed by atoms with Gasteiger partial charge in [-0.1, -0.05) is 42.5 Å². The Bertz CT molecular complexity index is 1500. The number of fused-ring (bicyclic) bond motifs is 3. The van der Waals surface area contributed by atoms with Crippen molar-refractivity contribution < 1.29 is 14.2 Å². The molecule has 0 unspecified atom stereocenters. The van der Waals surface area contributed by atoms with Gasteiger partial charge in [-0.25, -0.2) is 0 Å². The molecule has 2 aromatic heterocycles. The van der Waals surface area contributed by atoms with Gasteiger partial charge in [0.2, 0.25) is 11.5 Å². The van der Waals surface area contributed by atoms with Gasteiger partial charge in [-0.05, 0) is 29.8 Å². The zero-order chi connectivity index (χ0) is 22.9. The van der Waals surface area contributed by atoms with Crippen LogP contribution in [0.1, 0.15) is 5.56 Å². The summed E-state index contributed by atoms with van der Waals surface area (Å²) in [6, 6.07) is 20.9. The Hall–Kier alpha value is -4.33. The summed E-state index contributed by atoms with van der Waals surface area (Å²) in [4.78, 5) is 13.4. The van der Waals surface area contributed by atoms with Crippen LogP contribution < -0.4 is 19.8 Å². The summed E-state index contributed by atoms with van der Waals surface area (Å²) in [5.74, 6) is 2.51. The SMILES string of the molecule is COc1cc(-c2nnc3n(Cc4ccccc4)c(=O)c4ccccc4n23)cc(OC)c1OC. The van der Waals surface area contributed by atoms with Crippen LogP contribution in [0.3, 0.4) is 0 Å². The van der Waals surface area contributed by atoms with Gasteiger partial charge < -0.3 is 14.2 Å². The van der Waals surface area contributed by atoms with Gasteiger partial charge in [0.25, 0.3) is 5.56 Å². The molecule has 0 amide bonds. The molecule has 2 heterocycles. The van der Waals surface area contributed by atoms with Gasteiger partial charge >= 0.3 is 0 Å². The molecule has 0 fully saturated rings. The van der Waals surface area contributed by atoms with Gasteiger partial charge in [-0.2, -0.15) is 0 Å². The van der Waals surface area contributed by atoms with E-state index in [0.29, 0.717) is 46.3 Å². The van der Waals surface area contributed by atoms with E-state index in [2.05, 4.69) is 10.2 Å². The van der Waals surface area contributed by atoms with Crippen molar-refractivity contribution in [2.75, 3.05) is 21.3 Å². The van der Waals surface area contributed by atoms with Crippen LogP contribution in [0.15, 0.2) is 71.5 Å². The minimum Gasteiger partial charge on any atom is -0.493 e. The van der Waals surface area contributed by atoms with Gasteiger partial charge in [-0.3, -0.25) is 13.8 Å². The second kappa shape index (κ2) is 8.31. The molecule has 8 heteroatoms. The fraction of sp³-hybridized carbons (Fsp3) is 0.160. The standard InChI is InChI=1S/C25H22N4O4/c1-31-20-13-17(14-21(32-2)22(20)33-3)23-26-27-25-28(15-16-9-5-4-6-10-16)24(30)18-11-7-8-12-19(18)29(23)25/h4-14H,15H2,1-3H3. The van der Waals surface area contributed by atoms with Crippen LogP contribution in [0.25, 0.3) is 28.1 Å². The van der Waals surface area contributed by atoms with E-state index in [1.807, 2.05) is 71.1 Å². The largest absolute Gasteiger partial charge is 0.493 e. The molecule has 33 heavy (non-hydrogen) atoms. The molecule has 0 saturated carbocycles. The van der Waals surface area contributed by atoms with Gasteiger partial charge in [0.15, 0.2) is 17.3 Å². The molecule has 3 aromatic carbocycles. The Morgan fingerprint density at radius 1 is 0.818 bits per heavy atom. The molecular formula is C25H22N4O4. The number of rotatable bonds is 6. The summed E-state index contributed by atoms with van der Waals surface area (Å²) < 4.78 is 20.0. The molecule has 0 saturated heterocycles. The molecule has 8 nitrogen and oxygen atoms in total. The molecule has 0 bridgehead atoms. The zero-order valence-electron chi connectivity index (χ0n) is 18.5. The van der Waals surface area contributed by atoms with Gasteiger partial charge in [-0.15, -0.1) is 10.2 Å². The number of hydrogen-bond acceptors (Lipinski definition) is 6. The maximum Gasteiger partial charge on any atom is 0.263 e. The van der Waals surface area contributed by atoms with Gasteiger partial charge in [0.1, 0.15) is 0 Å². The summed E-state index contributed by atoms with van der Waals surface area (Å²) in [5.41, 5.74) is 2.31. The number of methoxy groups -OCH3 is 3. The van der Waals surface area contributed by atoms with Crippen molar-refractivity contribution in [1.82, 2.24) is 19.2 Å². The number of nitrogens with zero attached hydrogens (tertiary/aromatic N) is 4. The Morgan fingerprint density at radius 2 is 1.48 bits per heavy atom. The minimum absolute atomic E-state index is 0.120. The first-order valence-electron chi connectivity index (χ1n) is 10.4. The molecule has 0 aliphatic heterocycles. The number of benzene rings is 3. The van der Waals surface area contributed by atoms with Crippen molar-refractivity contribution in [1.29, 1.82) is 0 Å². The number of hydrogen-bond donors (Lipinski definition) is 0. The van der Waals surface area contributed by atoms with E-state index >= 15 is 0 Å². The van der Waals surface area contributed by atoms with Gasteiger partial charge in [0.05, 0.1) is 38.8 Å². The first-order chi connectivity index (χ1) is 16.2. The minimum atomic E-state index is -0.120. The first-order valence-corrected chi connectivity index (χ1v) is 10.4. The Labute approximate surface area is 189 Å². The highest BCUT2D eigenvalue weighted by atomic mass is 16.5. The van der Waals surface area contributed by atoms with E-state index in [9.17, 15) is 4.79 Å². The second-order valence-corrected chi connectivity index (χ2v) is 7.47. The summed E-state index contributed by atoms with van der Waals surface area (Å²) in [7, 11) is 4.69. The maximum absolute atomic E-state index is 13.4. The molecule has 0 aliphatic carbocycles. The van der Waals surface area contributed by atoms with Crippen LogP contribution in [-0.2, 0) is 6.54 Å². The predicted octanol–water partition coefficient (Wildman–Crippen LogP) is 3.79. The van der Waals surface area contributed by atoms with E-state index in [1.54, 1.807) is 25.9 Å². The molecule has 5 aromatic rings. The summed E-state index contributed by atoms with van der Waals surface area (Å²) in [5, 5.41) is 9.46. The highest BCUT2D eigenvalue weighted by Gasteiger charge is 2.21. The quantitative estimate of drug-likeness (QED) is 0.398. The summed E-state index contributed by atoms with van der Waals surface area (Å²) in [6.07, 6.45) is 0. The van der Waals surface area contributed by atoms with Crippen LogP contribution in [0.4, 0.5) is 0 Å². The van der Waals surface area contributed by atoms with Crippen LogP contribution in [0.5, 0.6) is 17.2 Å². The third kappa shape index (κ3) is 3.36. The van der Waals surface area contributed by atoms with E-state index in [-0.39, 0.29) is 5.56 Å². The Kier molecular flexibility index (Phi) is 5.18. The van der Waals surface area contributed by atoms with Crippen LogP contribution in [0, 0.1) is 0 Å². The van der Waals surface area contributed by atoms with Crippen molar-refractivity contribution in [2.45, 2.75) is 6.54 Å². The summed E-state index contributed by atoms with van der Waals surface area (Å²) in [6.45, 7) is 0.376. The lowest BCUT2D eigenvalue weighted by Crippen LogP contribution is -2.24. The van der Waals surface area contributed by atoms with Crippen molar-refractivity contribution in [3.05, 3.63) is 82.6 Å². The lowest BCUT2D eigenvalue weighted by atomic mass is 10.1. The Morgan fingerprint density at radius 3 is 2.15 bits per heavy atom. The number of aromatic nitrogens is 4. The van der Waals surface area contributed by atoms with Crippen molar-refractivity contribution in [2.24, 2.45) is 0 Å². The average molecular weight is 442 g/mol.